The summed E-state index contributed by atoms with van der Waals surface area (Å²) in [5.74, 6) is -22.4. The summed E-state index contributed by atoms with van der Waals surface area (Å²) < 4.78 is 493. The topological polar surface area (TPSA) is 304 Å². The van der Waals surface area contributed by atoms with Crippen molar-refractivity contribution in [2.24, 2.45) is 0 Å². The zero-order valence-corrected chi connectivity index (χ0v) is 43.9. The van der Waals surface area contributed by atoms with Crippen LogP contribution in [0.3, 0.4) is 0 Å². The molecule has 0 fully saturated rings. The van der Waals surface area contributed by atoms with Crippen LogP contribution in [0.5, 0.6) is 40.2 Å². The lowest BCUT2D eigenvalue weighted by Gasteiger charge is -2.27. The minimum absolute atomic E-state index is 0.360. The van der Waals surface area contributed by atoms with Gasteiger partial charge in [0.05, 0.1) is 10.8 Å². The Morgan fingerprint density at radius 1 is 0.244 bits per heavy atom. The van der Waals surface area contributed by atoms with Gasteiger partial charge in [0.1, 0.15) is 0 Å². The summed E-state index contributed by atoms with van der Waals surface area (Å²) in [5.41, 5.74) is -50.0. The highest BCUT2D eigenvalue weighted by atomic mass is 127. The number of alkyl halides is 21. The van der Waals surface area contributed by atoms with Crippen LogP contribution in [0.4, 0.5) is 92.2 Å². The van der Waals surface area contributed by atoms with Crippen LogP contribution < -0.4 is 29.3 Å². The van der Waals surface area contributed by atoms with E-state index in [1.54, 1.807) is 0 Å². The first-order valence-electron chi connectivity index (χ1n) is 16.9. The Morgan fingerprint density at radius 2 is 0.449 bits per heavy atom. The van der Waals surface area contributed by atoms with Crippen LogP contribution in [0.25, 0.3) is 43.1 Å². The van der Waals surface area contributed by atoms with E-state index in [1.807, 2.05) is 0 Å². The lowest BCUT2D eigenvalue weighted by atomic mass is 9.87. The van der Waals surface area contributed by atoms with Crippen LogP contribution in [0, 0.1) is 7.14 Å². The molecule has 0 heterocycles. The van der Waals surface area contributed by atoms with Crippen LogP contribution in [0.2, 0.25) is 0 Å². The molecular formula is C27H3F21I2O21S7. The normalized spacial score (nSPS) is 14.8. The van der Waals surface area contributed by atoms with Gasteiger partial charge >= 0.3 is 109 Å². The highest BCUT2D eigenvalue weighted by Gasteiger charge is 2.57. The molecule has 0 spiro atoms. The molecule has 0 aliphatic heterocycles. The maximum absolute atomic E-state index is 14.3. The second kappa shape index (κ2) is 18.8. The Morgan fingerprint density at radius 3 is 0.731 bits per heavy atom. The van der Waals surface area contributed by atoms with Crippen molar-refractivity contribution in [3.63, 3.8) is 0 Å². The standard InChI is InChI=1S/C27H3F21I2O21S7/c28-21(29,30)72(51,52)65-6-1-4(49)10-11-5(50)2-7(66-73(53,54)22(31,32)33)14-16(11)17(13-9(68-75(57,58)24(37,38)39)3-8(12(6)15(10)13)67-74(55,56)23(34,35)36)19(70-77(61,62)26(43,44)45)20(71-78(63,64)27(46,47)48)18(14)69-76(59,60)25(40,41)42/h1-3H. The van der Waals surface area contributed by atoms with E-state index >= 15 is 0 Å². The number of hydrogen-bond donors (Lipinski definition) is 0. The van der Waals surface area contributed by atoms with Gasteiger partial charge in [-0.15, -0.1) is 0 Å². The highest BCUT2D eigenvalue weighted by Crippen LogP contribution is 2.62. The molecule has 0 aliphatic rings. The van der Waals surface area contributed by atoms with E-state index in [2.05, 4.69) is 29.3 Å². The summed E-state index contributed by atoms with van der Waals surface area (Å²) in [6, 6.07) is -2.13. The van der Waals surface area contributed by atoms with Crippen molar-refractivity contribution >= 4 is 159 Å². The Hall–Kier alpha value is -4.36. The quantitative estimate of drug-likeness (QED) is 0.0251. The molecule has 0 atom stereocenters. The predicted molar refractivity (Wildman–Crippen MR) is 222 cm³/mol. The third kappa shape index (κ3) is 11.3. The van der Waals surface area contributed by atoms with Gasteiger partial charge in [0.25, 0.3) is 0 Å². The largest absolute Gasteiger partial charge is 0.534 e. The van der Waals surface area contributed by atoms with Gasteiger partial charge in [0.2, 0.25) is 11.5 Å². The highest BCUT2D eigenvalue weighted by molar-refractivity contribution is 14.1. The van der Waals surface area contributed by atoms with Crippen molar-refractivity contribution in [2.45, 2.75) is 38.6 Å². The first-order chi connectivity index (χ1) is 34.2. The van der Waals surface area contributed by atoms with Crippen molar-refractivity contribution in [1.82, 2.24) is 0 Å². The maximum Gasteiger partial charge on any atom is 0.534 e. The fourth-order valence-corrected chi connectivity index (χ4v) is 10.6. The summed E-state index contributed by atoms with van der Waals surface area (Å²) in [6.45, 7) is 0. The summed E-state index contributed by atoms with van der Waals surface area (Å²) in [4.78, 5) is 0. The van der Waals surface area contributed by atoms with Crippen molar-refractivity contribution in [3.05, 3.63) is 25.3 Å². The summed E-state index contributed by atoms with van der Waals surface area (Å²) in [5, 5.41) is -19.8. The second-order valence-corrected chi connectivity index (χ2v) is 26.5. The summed E-state index contributed by atoms with van der Waals surface area (Å²) >= 11 is 1.06. The van der Waals surface area contributed by atoms with E-state index in [9.17, 15) is 151 Å². The van der Waals surface area contributed by atoms with Crippen LogP contribution in [-0.2, 0) is 70.8 Å². The van der Waals surface area contributed by atoms with E-state index < -0.39 is 212 Å². The molecule has 5 aromatic rings. The molecule has 0 aromatic heterocycles. The average molecular weight is 1540 g/mol. The Balaban J connectivity index is 2.56. The molecule has 0 unspecified atom stereocenters. The van der Waals surface area contributed by atoms with Crippen molar-refractivity contribution in [1.29, 1.82) is 0 Å². The molecule has 51 heteroatoms. The molecule has 0 saturated carbocycles. The van der Waals surface area contributed by atoms with Crippen LogP contribution in [0.1, 0.15) is 0 Å². The lowest BCUT2D eigenvalue weighted by Crippen LogP contribution is -2.32. The van der Waals surface area contributed by atoms with Gasteiger partial charge in [-0.3, -0.25) is 0 Å². The third-order valence-corrected chi connectivity index (χ3v) is 16.9. The lowest BCUT2D eigenvalue weighted by molar-refractivity contribution is -0.0517. The zero-order chi connectivity index (χ0) is 60.9. The minimum Gasteiger partial charge on any atom is -0.375 e. The smallest absolute Gasteiger partial charge is 0.375 e. The monoisotopic (exact) mass is 1540 g/mol. The van der Waals surface area contributed by atoms with Gasteiger partial charge in [-0.2, -0.15) is 151 Å². The van der Waals surface area contributed by atoms with Crippen LogP contribution in [0.15, 0.2) is 18.2 Å². The molecule has 0 aliphatic carbocycles. The predicted octanol–water partition coefficient (Wildman–Crippen LogP) is 8.55. The van der Waals surface area contributed by atoms with Crippen LogP contribution in [-0.4, -0.2) is 97.5 Å². The Kier molecular flexibility index (Phi) is 15.6. The van der Waals surface area contributed by atoms with Crippen molar-refractivity contribution < 1.29 is 180 Å². The molecule has 78 heavy (non-hydrogen) atoms. The fraction of sp³-hybridized carbons (Fsp3) is 0.259. The molecule has 21 nitrogen and oxygen atoms in total. The van der Waals surface area contributed by atoms with E-state index in [0.717, 1.165) is 0 Å². The van der Waals surface area contributed by atoms with Gasteiger partial charge in [-0.1, -0.05) is 0 Å². The molecule has 440 valence electrons. The third-order valence-electron chi connectivity index (χ3n) is 8.47. The van der Waals surface area contributed by atoms with Gasteiger partial charge in [-0.05, 0) is 57.3 Å². The minimum atomic E-state index is -8.32. The van der Waals surface area contributed by atoms with Crippen LogP contribution >= 0.6 is 45.2 Å². The zero-order valence-electron chi connectivity index (χ0n) is 33.9. The molecule has 5 rings (SSSR count). The Labute approximate surface area is 440 Å². The Bertz CT molecular complexity index is 4190. The first kappa shape index (κ1) is 64.5. The molecule has 0 radical (unpaired) electrons. The van der Waals surface area contributed by atoms with Gasteiger partial charge in [0, 0.05) is 45.5 Å². The maximum atomic E-state index is 14.3. The summed E-state index contributed by atoms with van der Waals surface area (Å²) in [7, 11) is -55.7. The van der Waals surface area contributed by atoms with Gasteiger partial charge < -0.3 is 29.3 Å². The molecular weight excluding hydrogens is 1540 g/mol. The average Bonchev–Trinajstić information content (AvgIpc) is 3.16. The van der Waals surface area contributed by atoms with E-state index in [1.165, 1.54) is 0 Å². The number of benzene rings is 5. The molecule has 0 saturated heterocycles. The number of rotatable bonds is 14. The molecule has 0 amide bonds. The van der Waals surface area contributed by atoms with Crippen molar-refractivity contribution in [3.8, 4) is 40.2 Å². The number of halogens is 23. The van der Waals surface area contributed by atoms with E-state index in [4.69, 9.17) is 0 Å². The molecule has 0 N–H and O–H groups in total. The molecule has 5 aromatic carbocycles. The van der Waals surface area contributed by atoms with Gasteiger partial charge in [0.15, 0.2) is 28.7 Å². The van der Waals surface area contributed by atoms with E-state index in [0.29, 0.717) is 45.2 Å². The summed E-state index contributed by atoms with van der Waals surface area (Å²) in [6.07, 6.45) is 0. The molecule has 0 bridgehead atoms. The van der Waals surface area contributed by atoms with E-state index in [-0.39, 0.29) is 6.07 Å². The number of hydrogen-bond acceptors (Lipinski definition) is 21. The first-order valence-corrected chi connectivity index (χ1v) is 29.0. The SMILES string of the molecule is O=S(=O)(Oc1c(OS(=O)(=O)C(F)(F)F)c2c(OS(=O)(=O)C(F)(F)F)cc(I)c3c4c(I)cc(OS(=O)(=O)C(F)(F)F)c5c(OS(=O)(=O)C(F)(F)F)cc(OS(=O)(=O)C(F)(F)F)c(c(c1OS(=O)(=O)C(F)(F)F)c23)c54)C(F)(F)F. The van der Waals surface area contributed by atoms with Crippen molar-refractivity contribution in [2.75, 3.05) is 0 Å². The second-order valence-electron chi connectivity index (χ2n) is 13.5. The fourth-order valence-electron chi connectivity index (χ4n) is 5.66. The number of fused-ring (bicyclic) bond motifs is 2. The van der Waals surface area contributed by atoms with Gasteiger partial charge in [-0.25, -0.2) is 0 Å².